The van der Waals surface area contributed by atoms with E-state index >= 15 is 0 Å². The molecule has 37 heavy (non-hydrogen) atoms. The Hall–Kier alpha value is -2.17. The lowest BCUT2D eigenvalue weighted by Crippen LogP contribution is -2.35. The van der Waals surface area contributed by atoms with E-state index in [1.165, 1.54) is 24.8 Å². The molecule has 3 heterocycles. The van der Waals surface area contributed by atoms with E-state index in [0.29, 0.717) is 42.1 Å². The second-order valence-electron chi connectivity index (χ2n) is 10.7. The summed E-state index contributed by atoms with van der Waals surface area (Å²) in [6, 6.07) is 9.56. The zero-order valence-corrected chi connectivity index (χ0v) is 23.2. The fourth-order valence-corrected chi connectivity index (χ4v) is 6.36. The number of aromatic nitrogens is 1. The molecule has 2 saturated heterocycles. The van der Waals surface area contributed by atoms with Gasteiger partial charge >= 0.3 is 0 Å². The number of aliphatic hydroxyl groups is 1. The van der Waals surface area contributed by atoms with Gasteiger partial charge < -0.3 is 24.9 Å². The van der Waals surface area contributed by atoms with E-state index in [2.05, 4.69) is 14.9 Å². The Balaban J connectivity index is 1.37. The normalized spacial score (nSPS) is 22.4. The number of hydrogen-bond acceptors (Lipinski definition) is 8. The van der Waals surface area contributed by atoms with Gasteiger partial charge in [0.15, 0.2) is 0 Å². The first-order valence-electron chi connectivity index (χ1n) is 13.0. The summed E-state index contributed by atoms with van der Waals surface area (Å²) >= 11 is 3.01. The lowest BCUT2D eigenvalue weighted by Gasteiger charge is -2.35. The van der Waals surface area contributed by atoms with Gasteiger partial charge in [-0.1, -0.05) is 11.9 Å². The molecule has 1 aromatic heterocycles. The van der Waals surface area contributed by atoms with Crippen molar-refractivity contribution in [2.45, 2.75) is 49.6 Å². The molecule has 1 spiro atoms. The molecule has 1 atom stereocenters. The fourth-order valence-electron chi connectivity index (χ4n) is 5.31. The number of piperidine rings is 1. The quantitative estimate of drug-likeness (QED) is 0.219. The zero-order chi connectivity index (χ0) is 26.0. The van der Waals surface area contributed by atoms with E-state index in [1.54, 1.807) is 18.7 Å². The smallest absolute Gasteiger partial charge is 0.258 e. The van der Waals surface area contributed by atoms with Crippen molar-refractivity contribution < 1.29 is 14.3 Å². The van der Waals surface area contributed by atoms with Crippen LogP contribution in [0.15, 0.2) is 35.2 Å². The summed E-state index contributed by atoms with van der Waals surface area (Å²) in [5, 5.41) is 12.1. The van der Waals surface area contributed by atoms with Crippen LogP contribution in [0.4, 0.5) is 27.4 Å². The van der Waals surface area contributed by atoms with E-state index < -0.39 is 5.67 Å². The number of benzene rings is 1. The van der Waals surface area contributed by atoms with Crippen molar-refractivity contribution in [2.24, 2.45) is 5.41 Å². The van der Waals surface area contributed by atoms with Crippen LogP contribution < -0.4 is 19.8 Å². The van der Waals surface area contributed by atoms with Gasteiger partial charge in [-0.05, 0) is 74.6 Å². The first-order valence-corrected chi connectivity index (χ1v) is 15.2. The van der Waals surface area contributed by atoms with Gasteiger partial charge in [-0.2, -0.15) is 0 Å². The number of hydrogen-bond donors (Lipinski definition) is 3. The number of carbonyl (C=O) groups excluding carboxylic acids is 1. The van der Waals surface area contributed by atoms with Crippen LogP contribution >= 0.6 is 23.7 Å². The molecule has 1 saturated carbocycles. The molecular weight excluding hydrogens is 509 g/mol. The molecule has 5 rings (SSSR count). The summed E-state index contributed by atoms with van der Waals surface area (Å²) in [6.07, 6.45) is 7.42. The van der Waals surface area contributed by atoms with E-state index in [-0.39, 0.29) is 12.5 Å². The van der Waals surface area contributed by atoms with Crippen LogP contribution in [0.2, 0.25) is 0 Å². The van der Waals surface area contributed by atoms with E-state index in [1.807, 2.05) is 41.5 Å². The maximum Gasteiger partial charge on any atom is 0.258 e. The highest BCUT2D eigenvalue weighted by molar-refractivity contribution is 8.00. The van der Waals surface area contributed by atoms with Crippen LogP contribution in [0.5, 0.6) is 0 Å². The average molecular weight is 546 g/mol. The number of carbonyl (C=O) groups is 1. The predicted octanol–water partition coefficient (Wildman–Crippen LogP) is 5.43. The van der Waals surface area contributed by atoms with Crippen LogP contribution in [-0.2, 0) is 0 Å². The first kappa shape index (κ1) is 26.4. The number of amides is 1. The van der Waals surface area contributed by atoms with Gasteiger partial charge in [-0.25, -0.2) is 9.37 Å². The molecule has 1 unspecified atom stereocenters. The molecule has 3 N–H and O–H groups in total. The third-order valence-corrected chi connectivity index (χ3v) is 9.30. The summed E-state index contributed by atoms with van der Waals surface area (Å²) in [6.45, 7) is 4.52. The molecule has 1 aliphatic carbocycles. The Labute approximate surface area is 227 Å². The van der Waals surface area contributed by atoms with Crippen molar-refractivity contribution in [3.63, 3.8) is 0 Å². The maximum absolute atomic E-state index is 14.5. The Morgan fingerprint density at radius 1 is 1.11 bits per heavy atom. The highest BCUT2D eigenvalue weighted by atomic mass is 32.2. The molecule has 3 aliphatic rings. The van der Waals surface area contributed by atoms with Crippen molar-refractivity contribution in [2.75, 3.05) is 64.6 Å². The monoisotopic (exact) mass is 545 g/mol. The van der Waals surface area contributed by atoms with Crippen molar-refractivity contribution >= 4 is 52.6 Å². The van der Waals surface area contributed by atoms with Crippen LogP contribution in [0.25, 0.3) is 0 Å². The van der Waals surface area contributed by atoms with Gasteiger partial charge in [0, 0.05) is 42.4 Å². The Kier molecular flexibility index (Phi) is 7.79. The molecule has 1 amide bonds. The number of thioether (sulfide) groups is 1. The van der Waals surface area contributed by atoms with Gasteiger partial charge in [-0.3, -0.25) is 4.79 Å². The number of pyridine rings is 1. The maximum atomic E-state index is 14.5. The largest absolute Gasteiger partial charge is 0.395 e. The molecule has 1 aromatic carbocycles. The molecule has 7 nitrogen and oxygen atoms in total. The molecule has 3 fully saturated rings. The van der Waals surface area contributed by atoms with Crippen LogP contribution in [0.3, 0.4) is 0 Å². The van der Waals surface area contributed by atoms with Gasteiger partial charge in [-0.15, -0.1) is 11.8 Å². The number of aliphatic hydroxyl groups excluding tert-OH is 1. The van der Waals surface area contributed by atoms with Crippen LogP contribution in [0, 0.1) is 5.41 Å². The zero-order valence-electron chi connectivity index (χ0n) is 21.6. The molecule has 0 radical (unpaired) electrons. The topological polar surface area (TPSA) is 80.7 Å². The number of rotatable bonds is 9. The molecule has 2 aliphatic heterocycles. The summed E-state index contributed by atoms with van der Waals surface area (Å²) in [4.78, 5) is 23.6. The second kappa shape index (κ2) is 10.9. The van der Waals surface area contributed by atoms with Crippen molar-refractivity contribution in [1.82, 2.24) is 4.98 Å². The van der Waals surface area contributed by atoms with Crippen LogP contribution in [0.1, 0.15) is 49.4 Å². The van der Waals surface area contributed by atoms with Gasteiger partial charge in [0.2, 0.25) is 0 Å². The molecule has 2 aromatic rings. The van der Waals surface area contributed by atoms with Gasteiger partial charge in [0.25, 0.3) is 5.91 Å². The lowest BCUT2D eigenvalue weighted by atomic mass is 9.93. The first-order chi connectivity index (χ1) is 17.8. The van der Waals surface area contributed by atoms with Crippen molar-refractivity contribution in [3.8, 4) is 0 Å². The average Bonchev–Trinajstić information content (AvgIpc) is 3.55. The molecule has 0 bridgehead atoms. The van der Waals surface area contributed by atoms with E-state index in [9.17, 15) is 9.18 Å². The summed E-state index contributed by atoms with van der Waals surface area (Å²) < 4.78 is 17.8. The highest BCUT2D eigenvalue weighted by Gasteiger charge is 2.44. The van der Waals surface area contributed by atoms with Gasteiger partial charge in [0.1, 0.15) is 17.3 Å². The van der Waals surface area contributed by atoms with E-state index in [0.717, 1.165) is 48.0 Å². The third kappa shape index (κ3) is 6.12. The molecular formula is C27H36FN5O2S2. The minimum atomic E-state index is -1.23. The number of nitrogens with zero attached hydrogens (tertiary/aromatic N) is 3. The Morgan fingerprint density at radius 2 is 1.86 bits per heavy atom. The Bertz CT molecular complexity index is 1130. The number of anilines is 4. The van der Waals surface area contributed by atoms with Gasteiger partial charge in [0.05, 0.1) is 24.4 Å². The summed E-state index contributed by atoms with van der Waals surface area (Å²) in [7, 11) is 0. The second-order valence-corrected chi connectivity index (χ2v) is 12.4. The van der Waals surface area contributed by atoms with Crippen molar-refractivity contribution in [3.05, 3.63) is 35.9 Å². The number of halogens is 1. The van der Waals surface area contributed by atoms with E-state index in [4.69, 9.17) is 10.1 Å². The Morgan fingerprint density at radius 3 is 2.51 bits per heavy atom. The SMILES string of the molecule is CSc1ccc(NC(=O)c2ccc(NSCCO)cc2N2CCC3(CC2)CC3)nc1N1CCC(C)(F)C1. The predicted molar refractivity (Wildman–Crippen MR) is 153 cm³/mol. The summed E-state index contributed by atoms with van der Waals surface area (Å²) in [5.41, 5.74) is 1.74. The molecule has 10 heteroatoms. The fraction of sp³-hybridized carbons (Fsp3) is 0.556. The summed E-state index contributed by atoms with van der Waals surface area (Å²) in [5.74, 6) is 1.57. The third-order valence-electron chi connectivity index (χ3n) is 7.77. The highest BCUT2D eigenvalue weighted by Crippen LogP contribution is 2.54. The van der Waals surface area contributed by atoms with Crippen molar-refractivity contribution in [1.29, 1.82) is 0 Å². The lowest BCUT2D eigenvalue weighted by molar-refractivity contribution is 0.102. The standard InChI is InChI=1S/C27H36FN5O2S2/c1-26(28)9-12-33(18-26)24-22(36-2)5-6-23(29-24)30-25(35)20-4-3-19(31-37-16-15-34)17-21(20)32-13-10-27(7-8-27)11-14-32/h3-6,17,31,34H,7-16,18H2,1-2H3,(H,29,30,35). The number of nitrogens with one attached hydrogen (secondary N) is 2. The molecule has 200 valence electrons. The van der Waals surface area contributed by atoms with Crippen LogP contribution in [-0.4, -0.2) is 66.5 Å². The minimum absolute atomic E-state index is 0.103. The minimum Gasteiger partial charge on any atom is -0.395 e. The number of alkyl halides is 1.